The fourth-order valence-electron chi connectivity index (χ4n) is 3.64. The van der Waals surface area contributed by atoms with Gasteiger partial charge in [-0.1, -0.05) is 54.6 Å². The maximum absolute atomic E-state index is 13.4. The van der Waals surface area contributed by atoms with Crippen LogP contribution < -0.4 is 0 Å². The Balaban J connectivity index is 1.70. The van der Waals surface area contributed by atoms with Gasteiger partial charge in [0.25, 0.3) is 0 Å². The molecule has 0 saturated carbocycles. The lowest BCUT2D eigenvalue weighted by molar-refractivity contribution is 0.103. The van der Waals surface area contributed by atoms with E-state index in [0.717, 1.165) is 32.9 Å². The molecule has 0 fully saturated rings. The highest BCUT2D eigenvalue weighted by Gasteiger charge is 2.20. The quantitative estimate of drug-likeness (QED) is 0.413. The summed E-state index contributed by atoms with van der Waals surface area (Å²) in [6.45, 7) is 0. The molecule has 5 aromatic rings. The molecule has 0 aliphatic rings. The van der Waals surface area contributed by atoms with Gasteiger partial charge in [0.05, 0.1) is 5.52 Å². The number of nitrogens with one attached hydrogen (secondary N) is 1. The van der Waals surface area contributed by atoms with Gasteiger partial charge >= 0.3 is 0 Å². The molecule has 0 aliphatic heterocycles. The molecule has 0 amide bonds. The Morgan fingerprint density at radius 3 is 2.43 bits per heavy atom. The van der Waals surface area contributed by atoms with Crippen LogP contribution in [0.1, 0.15) is 16.1 Å². The smallest absolute Gasteiger partial charge is 0.214 e. The average molecular weight is 366 g/mol. The summed E-state index contributed by atoms with van der Waals surface area (Å²) < 4.78 is 13.3. The molecule has 4 heteroatoms. The summed E-state index contributed by atoms with van der Waals surface area (Å²) in [5.74, 6) is -0.478. The first-order valence-corrected chi connectivity index (χ1v) is 8.97. The molecule has 134 valence electrons. The molecule has 2 aromatic heterocycles. The minimum atomic E-state index is -0.308. The van der Waals surface area contributed by atoms with Crippen molar-refractivity contribution in [1.29, 1.82) is 0 Å². The maximum atomic E-state index is 13.4. The molecule has 2 heterocycles. The highest BCUT2D eigenvalue weighted by molar-refractivity contribution is 6.20. The molecular weight excluding hydrogens is 351 g/mol. The molecule has 1 N–H and O–H groups in total. The summed E-state index contributed by atoms with van der Waals surface area (Å²) >= 11 is 0. The lowest BCUT2D eigenvalue weighted by Crippen LogP contribution is -2.06. The van der Waals surface area contributed by atoms with Crippen molar-refractivity contribution in [3.8, 4) is 11.1 Å². The number of rotatable bonds is 3. The summed E-state index contributed by atoms with van der Waals surface area (Å²) in [6.07, 6.45) is 1.66. The number of carbonyl (C=O) groups excluding carboxylic acids is 1. The highest BCUT2D eigenvalue weighted by atomic mass is 19.1. The number of aromatic amines is 1. The number of carbonyl (C=O) groups is 1. The number of hydrogen-bond donors (Lipinski definition) is 1. The van der Waals surface area contributed by atoms with E-state index in [-0.39, 0.29) is 11.6 Å². The van der Waals surface area contributed by atoms with Gasteiger partial charge in [0.15, 0.2) is 0 Å². The Morgan fingerprint density at radius 1 is 0.821 bits per heavy atom. The average Bonchev–Trinajstić information content (AvgIpc) is 3.13. The Kier molecular flexibility index (Phi) is 3.76. The van der Waals surface area contributed by atoms with Crippen molar-refractivity contribution < 1.29 is 9.18 Å². The van der Waals surface area contributed by atoms with Crippen molar-refractivity contribution in [2.24, 2.45) is 0 Å². The summed E-state index contributed by atoms with van der Waals surface area (Å²) in [4.78, 5) is 21.2. The molecular formula is C24H15FN2O. The number of H-pyrrole nitrogens is 1. The number of aromatic nitrogens is 2. The zero-order chi connectivity index (χ0) is 19.1. The maximum Gasteiger partial charge on any atom is 0.214 e. The molecule has 0 bridgehead atoms. The van der Waals surface area contributed by atoms with Gasteiger partial charge in [0.1, 0.15) is 11.5 Å². The van der Waals surface area contributed by atoms with E-state index in [4.69, 9.17) is 0 Å². The van der Waals surface area contributed by atoms with Gasteiger partial charge in [-0.3, -0.25) is 9.78 Å². The van der Waals surface area contributed by atoms with E-state index in [2.05, 4.69) is 9.97 Å². The van der Waals surface area contributed by atoms with Crippen molar-refractivity contribution in [2.45, 2.75) is 0 Å². The van der Waals surface area contributed by atoms with Crippen LogP contribution in [0.2, 0.25) is 0 Å². The third-order valence-corrected chi connectivity index (χ3v) is 4.97. The number of para-hydroxylation sites is 1. The van der Waals surface area contributed by atoms with Crippen molar-refractivity contribution in [3.63, 3.8) is 0 Å². The first-order valence-electron chi connectivity index (χ1n) is 8.97. The second-order valence-corrected chi connectivity index (χ2v) is 6.63. The number of halogens is 1. The molecule has 3 nitrogen and oxygen atoms in total. The zero-order valence-electron chi connectivity index (χ0n) is 14.8. The summed E-state index contributed by atoms with van der Waals surface area (Å²) in [7, 11) is 0. The Hall–Kier alpha value is -3.79. The highest BCUT2D eigenvalue weighted by Crippen LogP contribution is 2.30. The SMILES string of the molecule is O=C(c1ccccc1-c1ccc(F)cc1)c1nccc2c1[nH]c1ccccc12. The molecule has 0 radical (unpaired) electrons. The number of benzene rings is 3. The van der Waals surface area contributed by atoms with E-state index in [0.29, 0.717) is 11.3 Å². The standard InChI is InChI=1S/C24H15FN2O/c25-16-11-9-15(10-12-16)17-5-1-2-7-20(17)24(28)23-22-19(13-14-26-23)18-6-3-4-8-21(18)27-22/h1-14,27H. The van der Waals surface area contributed by atoms with E-state index < -0.39 is 0 Å². The minimum absolute atomic E-state index is 0.169. The van der Waals surface area contributed by atoms with Crippen molar-refractivity contribution in [2.75, 3.05) is 0 Å². The predicted molar refractivity (Wildman–Crippen MR) is 109 cm³/mol. The van der Waals surface area contributed by atoms with Crippen LogP contribution in [-0.4, -0.2) is 15.8 Å². The number of ketones is 1. The number of fused-ring (bicyclic) bond motifs is 3. The van der Waals surface area contributed by atoms with Crippen LogP contribution >= 0.6 is 0 Å². The summed E-state index contributed by atoms with van der Waals surface area (Å²) in [5.41, 5.74) is 4.14. The van der Waals surface area contributed by atoms with Gasteiger partial charge in [0, 0.05) is 28.0 Å². The van der Waals surface area contributed by atoms with Crippen LogP contribution in [0.3, 0.4) is 0 Å². The Bertz CT molecular complexity index is 1340. The fourth-order valence-corrected chi connectivity index (χ4v) is 3.64. The first-order chi connectivity index (χ1) is 13.7. The number of pyridine rings is 1. The van der Waals surface area contributed by atoms with E-state index in [9.17, 15) is 9.18 Å². The van der Waals surface area contributed by atoms with Crippen LogP contribution in [0.15, 0.2) is 85.1 Å². The van der Waals surface area contributed by atoms with Crippen molar-refractivity contribution in [1.82, 2.24) is 9.97 Å². The summed E-state index contributed by atoms with van der Waals surface area (Å²) in [5, 5.41) is 2.02. The van der Waals surface area contributed by atoms with Crippen molar-refractivity contribution >= 4 is 27.6 Å². The van der Waals surface area contributed by atoms with Gasteiger partial charge in [0.2, 0.25) is 5.78 Å². The minimum Gasteiger partial charge on any atom is -0.353 e. The van der Waals surface area contributed by atoms with E-state index in [1.54, 1.807) is 24.4 Å². The lowest BCUT2D eigenvalue weighted by atomic mass is 9.95. The molecule has 0 spiro atoms. The van der Waals surface area contributed by atoms with Gasteiger partial charge in [-0.2, -0.15) is 0 Å². The second kappa shape index (κ2) is 6.43. The largest absolute Gasteiger partial charge is 0.353 e. The normalized spacial score (nSPS) is 11.2. The lowest BCUT2D eigenvalue weighted by Gasteiger charge is -2.09. The van der Waals surface area contributed by atoms with Gasteiger partial charge in [-0.15, -0.1) is 0 Å². The van der Waals surface area contributed by atoms with E-state index >= 15 is 0 Å². The van der Waals surface area contributed by atoms with Gasteiger partial charge < -0.3 is 4.98 Å². The molecule has 5 rings (SSSR count). The van der Waals surface area contributed by atoms with Crippen LogP contribution in [-0.2, 0) is 0 Å². The third-order valence-electron chi connectivity index (χ3n) is 4.97. The predicted octanol–water partition coefficient (Wildman–Crippen LogP) is 5.75. The zero-order valence-corrected chi connectivity index (χ0v) is 14.8. The van der Waals surface area contributed by atoms with Crippen LogP contribution in [0.5, 0.6) is 0 Å². The first kappa shape index (κ1) is 16.4. The van der Waals surface area contributed by atoms with Crippen LogP contribution in [0.25, 0.3) is 32.9 Å². The molecule has 0 aliphatic carbocycles. The number of hydrogen-bond acceptors (Lipinski definition) is 2. The van der Waals surface area contributed by atoms with Gasteiger partial charge in [-0.25, -0.2) is 4.39 Å². The topological polar surface area (TPSA) is 45.8 Å². The van der Waals surface area contributed by atoms with Crippen LogP contribution in [0.4, 0.5) is 4.39 Å². The molecule has 0 unspecified atom stereocenters. The number of nitrogens with zero attached hydrogens (tertiary/aromatic N) is 1. The van der Waals surface area contributed by atoms with Crippen LogP contribution in [0, 0.1) is 5.82 Å². The van der Waals surface area contributed by atoms with Gasteiger partial charge in [-0.05, 0) is 35.4 Å². The van der Waals surface area contributed by atoms with E-state index in [1.165, 1.54) is 12.1 Å². The Morgan fingerprint density at radius 2 is 1.57 bits per heavy atom. The van der Waals surface area contributed by atoms with E-state index in [1.807, 2.05) is 48.5 Å². The molecule has 3 aromatic carbocycles. The van der Waals surface area contributed by atoms with Crippen molar-refractivity contribution in [3.05, 3.63) is 102 Å². The monoisotopic (exact) mass is 366 g/mol. The molecule has 0 atom stereocenters. The molecule has 0 saturated heterocycles. The summed E-state index contributed by atoms with van der Waals surface area (Å²) in [6, 6.07) is 23.3. The third kappa shape index (κ3) is 2.58. The second-order valence-electron chi connectivity index (χ2n) is 6.63. The Labute approximate surface area is 160 Å². The molecule has 28 heavy (non-hydrogen) atoms. The fraction of sp³-hybridized carbons (Fsp3) is 0.